The summed E-state index contributed by atoms with van der Waals surface area (Å²) in [5.41, 5.74) is -0.299. The molecule has 3 aromatic carbocycles. The average molecular weight is 601 g/mol. The first-order valence-corrected chi connectivity index (χ1v) is 13.9. The maximum Gasteiger partial charge on any atom is 0.418 e. The fourth-order valence-corrected chi connectivity index (χ4v) is 5.92. The third-order valence-electron chi connectivity index (χ3n) is 7.29. The molecule has 5 aromatic rings. The number of carbonyl (C=O) groups excluding carboxylic acids is 1. The number of amides is 1. The number of thiophene rings is 1. The van der Waals surface area contributed by atoms with Crippen LogP contribution in [0.15, 0.2) is 72.1 Å². The van der Waals surface area contributed by atoms with Crippen LogP contribution in [0.4, 0.5) is 32.0 Å². The number of halogens is 6. The molecule has 42 heavy (non-hydrogen) atoms. The topological polar surface area (TPSA) is 41.4 Å². The lowest BCUT2D eigenvalue weighted by Gasteiger charge is -2.36. The second-order valence-corrected chi connectivity index (χ2v) is 10.8. The van der Waals surface area contributed by atoms with Gasteiger partial charge >= 0.3 is 6.18 Å². The van der Waals surface area contributed by atoms with Crippen molar-refractivity contribution in [2.24, 2.45) is 0 Å². The molecule has 1 saturated heterocycles. The number of nitrogens with zero attached hydrogens (tertiary/aromatic N) is 4. The Balaban J connectivity index is 1.33. The number of benzene rings is 3. The highest BCUT2D eigenvalue weighted by Gasteiger charge is 2.35. The molecule has 6 rings (SSSR count). The van der Waals surface area contributed by atoms with Crippen LogP contribution in [0.1, 0.15) is 20.8 Å². The van der Waals surface area contributed by atoms with Crippen molar-refractivity contribution in [3.05, 3.63) is 106 Å². The van der Waals surface area contributed by atoms with E-state index in [4.69, 9.17) is 0 Å². The highest BCUT2D eigenvalue weighted by atomic mass is 32.1. The fourth-order valence-electron chi connectivity index (χ4n) is 5.23. The quantitative estimate of drug-likeness (QED) is 0.200. The van der Waals surface area contributed by atoms with Gasteiger partial charge in [0, 0.05) is 60.5 Å². The Hall–Kier alpha value is -4.32. The lowest BCUT2D eigenvalue weighted by atomic mass is 10.0. The van der Waals surface area contributed by atoms with Gasteiger partial charge in [-0.2, -0.15) is 18.3 Å². The van der Waals surface area contributed by atoms with Gasteiger partial charge in [-0.15, -0.1) is 11.3 Å². The summed E-state index contributed by atoms with van der Waals surface area (Å²) < 4.78 is 85.2. The monoisotopic (exact) mass is 600 g/mol. The molecule has 1 aliphatic heterocycles. The van der Waals surface area contributed by atoms with Gasteiger partial charge in [-0.3, -0.25) is 9.48 Å². The Kier molecular flexibility index (Phi) is 7.17. The van der Waals surface area contributed by atoms with E-state index in [-0.39, 0.29) is 22.5 Å². The van der Waals surface area contributed by atoms with Gasteiger partial charge in [0.15, 0.2) is 0 Å². The summed E-state index contributed by atoms with van der Waals surface area (Å²) in [6.07, 6.45) is -4.71. The summed E-state index contributed by atoms with van der Waals surface area (Å²) in [7, 11) is 0. The standard InChI is InChI=1S/C30H22F6N4OS/c31-19-15-24(32)22(25(33)16-19)17-40-28(21-3-1-4-23(27(21)37-40)30(34,35)36)18-6-8-20(9-7-18)38-10-12-39(13-11-38)29(41)26-5-2-14-42-26/h1-9,14-16H,10-13,17H2. The lowest BCUT2D eigenvalue weighted by molar-refractivity contribution is -0.136. The van der Waals surface area contributed by atoms with E-state index in [1.165, 1.54) is 23.5 Å². The van der Waals surface area contributed by atoms with Crippen LogP contribution >= 0.6 is 11.3 Å². The third kappa shape index (κ3) is 5.22. The Bertz CT molecular complexity index is 1730. The second-order valence-electron chi connectivity index (χ2n) is 9.86. The first-order valence-electron chi connectivity index (χ1n) is 13.0. The molecule has 0 N–H and O–H groups in total. The maximum absolute atomic E-state index is 14.5. The molecule has 0 radical (unpaired) electrons. The van der Waals surface area contributed by atoms with Crippen LogP contribution < -0.4 is 4.90 Å². The molecule has 0 unspecified atom stereocenters. The Labute approximate surface area is 240 Å². The Morgan fingerprint density at radius 1 is 0.881 bits per heavy atom. The number of fused-ring (bicyclic) bond motifs is 1. The lowest BCUT2D eigenvalue weighted by Crippen LogP contribution is -2.48. The van der Waals surface area contributed by atoms with Crippen LogP contribution in [0.2, 0.25) is 0 Å². The van der Waals surface area contributed by atoms with Crippen molar-refractivity contribution in [2.45, 2.75) is 12.7 Å². The van der Waals surface area contributed by atoms with E-state index >= 15 is 0 Å². The van der Waals surface area contributed by atoms with Crippen LogP contribution in [0.5, 0.6) is 0 Å². The van der Waals surface area contributed by atoms with E-state index in [0.717, 1.165) is 16.4 Å². The molecular weight excluding hydrogens is 578 g/mol. The van der Waals surface area contributed by atoms with Crippen LogP contribution in [-0.4, -0.2) is 46.8 Å². The number of piperazine rings is 1. The molecule has 1 amide bonds. The van der Waals surface area contributed by atoms with Crippen LogP contribution in [-0.2, 0) is 12.7 Å². The normalized spacial score (nSPS) is 14.1. The van der Waals surface area contributed by atoms with Crippen molar-refractivity contribution in [2.75, 3.05) is 31.1 Å². The Morgan fingerprint density at radius 2 is 1.57 bits per heavy atom. The molecule has 0 atom stereocenters. The summed E-state index contributed by atoms with van der Waals surface area (Å²) in [6, 6.07) is 15.3. The number of hydrogen-bond donors (Lipinski definition) is 0. The summed E-state index contributed by atoms with van der Waals surface area (Å²) in [5.74, 6) is -3.44. The summed E-state index contributed by atoms with van der Waals surface area (Å²) in [4.78, 5) is 17.3. The molecule has 2 aromatic heterocycles. The zero-order valence-corrected chi connectivity index (χ0v) is 22.7. The fraction of sp³-hybridized carbons (Fsp3) is 0.200. The highest BCUT2D eigenvalue weighted by Crippen LogP contribution is 2.39. The van der Waals surface area contributed by atoms with E-state index in [2.05, 4.69) is 10.00 Å². The zero-order chi connectivity index (χ0) is 29.6. The molecule has 0 aliphatic carbocycles. The summed E-state index contributed by atoms with van der Waals surface area (Å²) in [5, 5.41) is 6.15. The van der Waals surface area contributed by atoms with Crippen LogP contribution in [0, 0.1) is 17.5 Å². The highest BCUT2D eigenvalue weighted by molar-refractivity contribution is 7.12. The third-order valence-corrected chi connectivity index (χ3v) is 8.15. The molecule has 0 spiro atoms. The predicted molar refractivity (Wildman–Crippen MR) is 148 cm³/mol. The van der Waals surface area contributed by atoms with Crippen molar-refractivity contribution in [3.8, 4) is 11.3 Å². The largest absolute Gasteiger partial charge is 0.418 e. The second kappa shape index (κ2) is 10.8. The number of aromatic nitrogens is 2. The minimum atomic E-state index is -4.71. The van der Waals surface area contributed by atoms with Gasteiger partial charge in [0.2, 0.25) is 0 Å². The van der Waals surface area contributed by atoms with E-state index in [1.807, 2.05) is 23.6 Å². The van der Waals surface area contributed by atoms with Gasteiger partial charge in [-0.05, 0) is 29.6 Å². The van der Waals surface area contributed by atoms with Gasteiger partial charge in [-0.1, -0.05) is 30.3 Å². The molecule has 3 heterocycles. The van der Waals surface area contributed by atoms with Crippen LogP contribution in [0.3, 0.4) is 0 Å². The minimum absolute atomic E-state index is 0.00704. The van der Waals surface area contributed by atoms with Gasteiger partial charge in [0.05, 0.1) is 22.7 Å². The molecule has 0 bridgehead atoms. The predicted octanol–water partition coefficient (Wildman–Crippen LogP) is 7.21. The molecule has 12 heteroatoms. The molecule has 5 nitrogen and oxygen atoms in total. The average Bonchev–Trinajstić information content (AvgIpc) is 3.62. The number of rotatable bonds is 5. The van der Waals surface area contributed by atoms with E-state index in [0.29, 0.717) is 48.8 Å². The SMILES string of the molecule is O=C(c1cccs1)N1CCN(c2ccc(-c3c4cccc(C(F)(F)F)c4nn3Cc3c(F)cc(F)cc3F)cc2)CC1. The van der Waals surface area contributed by atoms with Crippen molar-refractivity contribution >= 4 is 33.8 Å². The first kappa shape index (κ1) is 27.8. The van der Waals surface area contributed by atoms with Gasteiger partial charge in [0.25, 0.3) is 5.91 Å². The molecular formula is C30H22F6N4OS. The number of alkyl halides is 3. The van der Waals surface area contributed by atoms with Gasteiger partial charge in [-0.25, -0.2) is 13.2 Å². The van der Waals surface area contributed by atoms with Crippen molar-refractivity contribution in [1.29, 1.82) is 0 Å². The van der Waals surface area contributed by atoms with Gasteiger partial charge in [0.1, 0.15) is 23.0 Å². The number of anilines is 1. The van der Waals surface area contributed by atoms with E-state index in [1.54, 1.807) is 23.1 Å². The summed E-state index contributed by atoms with van der Waals surface area (Å²) >= 11 is 1.40. The van der Waals surface area contributed by atoms with Crippen LogP contribution in [0.25, 0.3) is 22.2 Å². The minimum Gasteiger partial charge on any atom is -0.368 e. The molecule has 0 saturated carbocycles. The number of carbonyl (C=O) groups is 1. The summed E-state index contributed by atoms with van der Waals surface area (Å²) in [6.45, 7) is 1.70. The van der Waals surface area contributed by atoms with Crippen molar-refractivity contribution < 1.29 is 31.1 Å². The van der Waals surface area contributed by atoms with Crippen molar-refractivity contribution in [3.63, 3.8) is 0 Å². The van der Waals surface area contributed by atoms with E-state index < -0.39 is 41.3 Å². The molecule has 216 valence electrons. The van der Waals surface area contributed by atoms with Gasteiger partial charge < -0.3 is 9.80 Å². The smallest absolute Gasteiger partial charge is 0.368 e. The first-order chi connectivity index (χ1) is 20.1. The molecule has 1 aliphatic rings. The van der Waals surface area contributed by atoms with E-state index in [9.17, 15) is 31.1 Å². The van der Waals surface area contributed by atoms with Crippen molar-refractivity contribution in [1.82, 2.24) is 14.7 Å². The molecule has 1 fully saturated rings. The number of hydrogen-bond acceptors (Lipinski definition) is 4. The Morgan fingerprint density at radius 3 is 2.19 bits per heavy atom. The zero-order valence-electron chi connectivity index (χ0n) is 21.8. The maximum atomic E-state index is 14.5.